The number of rotatable bonds is 4. The van der Waals surface area contributed by atoms with Crippen LogP contribution in [0.1, 0.15) is 62.5 Å². The average Bonchev–Trinajstić information content (AvgIpc) is 2.79. The molecule has 9 nitrogen and oxygen atoms in total. The molecule has 1 heterocycles. The number of hydrogen-bond donors (Lipinski definition) is 0. The maximum absolute atomic E-state index is 13.0. The Hall–Kier alpha value is -3.88. The zero-order chi connectivity index (χ0) is 23.9. The van der Waals surface area contributed by atoms with Crippen LogP contribution in [0.4, 0.5) is 5.69 Å². The number of fused-ring (bicyclic) bond motifs is 2. The second kappa shape index (κ2) is 8.57. The predicted octanol–water partition coefficient (Wildman–Crippen LogP) is 3.03. The lowest BCUT2D eigenvalue weighted by atomic mass is 9.82. The van der Waals surface area contributed by atoms with E-state index < -0.39 is 45.9 Å². The summed E-state index contributed by atoms with van der Waals surface area (Å²) in [4.78, 5) is 63.7. The molecule has 9 heteroatoms. The minimum Gasteiger partial charge on any atom is -0.452 e. The standard InChI is InChI=1S/C24H22N2O7/c1-13-9-14(2)11-25(10-13)19(27)12-33-24(30)18-8-7-17-20(21(18)26(31)32)23(29)16-6-4-3-5-15(16)22(17)28/h3-8,13-14H,9-12H2,1-2H3. The molecule has 1 aliphatic heterocycles. The summed E-state index contributed by atoms with van der Waals surface area (Å²) in [6, 6.07) is 8.33. The second-order valence-corrected chi connectivity index (χ2v) is 8.67. The molecule has 1 aliphatic carbocycles. The van der Waals surface area contributed by atoms with Crippen LogP contribution >= 0.6 is 0 Å². The monoisotopic (exact) mass is 450 g/mol. The van der Waals surface area contributed by atoms with Gasteiger partial charge >= 0.3 is 5.97 Å². The van der Waals surface area contributed by atoms with E-state index in [0.717, 1.165) is 12.5 Å². The normalized spacial score (nSPS) is 19.5. The van der Waals surface area contributed by atoms with E-state index >= 15 is 0 Å². The smallest absolute Gasteiger partial charge is 0.345 e. The number of nitrogens with zero attached hydrogens (tertiary/aromatic N) is 2. The molecule has 2 unspecified atom stereocenters. The summed E-state index contributed by atoms with van der Waals surface area (Å²) in [6.45, 7) is 4.61. The number of nitro groups is 1. The Morgan fingerprint density at radius 1 is 1.00 bits per heavy atom. The van der Waals surface area contributed by atoms with Gasteiger partial charge in [-0.1, -0.05) is 38.1 Å². The Balaban J connectivity index is 1.62. The van der Waals surface area contributed by atoms with Gasteiger partial charge in [0.25, 0.3) is 11.6 Å². The molecule has 1 fully saturated rings. The molecule has 0 N–H and O–H groups in total. The van der Waals surface area contributed by atoms with Crippen LogP contribution in [-0.2, 0) is 9.53 Å². The van der Waals surface area contributed by atoms with E-state index in [2.05, 4.69) is 0 Å². The number of benzene rings is 2. The Bertz CT molecular complexity index is 1190. The number of ether oxygens (including phenoxy) is 1. The molecular formula is C24H22N2O7. The molecule has 1 amide bonds. The Morgan fingerprint density at radius 2 is 1.61 bits per heavy atom. The highest BCUT2D eigenvalue weighted by molar-refractivity contribution is 6.30. The summed E-state index contributed by atoms with van der Waals surface area (Å²) < 4.78 is 5.10. The number of carbonyl (C=O) groups is 4. The zero-order valence-electron chi connectivity index (χ0n) is 18.2. The summed E-state index contributed by atoms with van der Waals surface area (Å²) in [5.74, 6) is -2.10. The molecule has 4 rings (SSSR count). The van der Waals surface area contributed by atoms with Crippen molar-refractivity contribution >= 4 is 29.1 Å². The van der Waals surface area contributed by atoms with Gasteiger partial charge in [0.2, 0.25) is 5.78 Å². The molecule has 0 bridgehead atoms. The van der Waals surface area contributed by atoms with E-state index in [0.29, 0.717) is 24.9 Å². The molecule has 0 radical (unpaired) electrons. The Kier molecular flexibility index (Phi) is 5.80. The van der Waals surface area contributed by atoms with Gasteiger partial charge in [-0.25, -0.2) is 4.79 Å². The van der Waals surface area contributed by atoms with Crippen LogP contribution in [0.15, 0.2) is 36.4 Å². The third-order valence-corrected chi connectivity index (χ3v) is 6.02. The fourth-order valence-electron chi connectivity index (χ4n) is 4.69. The largest absolute Gasteiger partial charge is 0.452 e. The lowest BCUT2D eigenvalue weighted by Gasteiger charge is -2.34. The second-order valence-electron chi connectivity index (χ2n) is 8.67. The van der Waals surface area contributed by atoms with Crippen molar-refractivity contribution in [1.29, 1.82) is 0 Å². The van der Waals surface area contributed by atoms with Gasteiger partial charge < -0.3 is 9.64 Å². The van der Waals surface area contributed by atoms with Gasteiger partial charge in [-0.15, -0.1) is 0 Å². The molecule has 2 aromatic rings. The van der Waals surface area contributed by atoms with Gasteiger partial charge in [0.15, 0.2) is 12.4 Å². The van der Waals surface area contributed by atoms with Crippen molar-refractivity contribution in [1.82, 2.24) is 4.90 Å². The zero-order valence-corrected chi connectivity index (χ0v) is 18.2. The Morgan fingerprint density at radius 3 is 2.21 bits per heavy atom. The fraction of sp³-hybridized carbons (Fsp3) is 0.333. The van der Waals surface area contributed by atoms with Crippen molar-refractivity contribution in [2.75, 3.05) is 19.7 Å². The summed E-state index contributed by atoms with van der Waals surface area (Å²) in [6.07, 6.45) is 1.00. The minimum absolute atomic E-state index is 0.0344. The van der Waals surface area contributed by atoms with Gasteiger partial charge in [0.1, 0.15) is 11.1 Å². The number of ketones is 2. The fourth-order valence-corrected chi connectivity index (χ4v) is 4.69. The molecule has 2 aliphatic rings. The van der Waals surface area contributed by atoms with Crippen molar-refractivity contribution in [2.45, 2.75) is 20.3 Å². The number of carbonyl (C=O) groups excluding carboxylic acids is 4. The number of likely N-dealkylation sites (tertiary alicyclic amines) is 1. The SMILES string of the molecule is CC1CC(C)CN(C(=O)COC(=O)c2ccc3c(c2[N+](=O)[O-])C(=O)c2ccccc2C3=O)C1. The minimum atomic E-state index is -1.10. The lowest BCUT2D eigenvalue weighted by molar-refractivity contribution is -0.385. The molecule has 2 atom stereocenters. The first-order valence-corrected chi connectivity index (χ1v) is 10.6. The highest BCUT2D eigenvalue weighted by Crippen LogP contribution is 2.35. The summed E-state index contributed by atoms with van der Waals surface area (Å²) in [5, 5.41) is 11.9. The number of hydrogen-bond acceptors (Lipinski definition) is 7. The Labute approximate surface area is 189 Å². The third kappa shape index (κ3) is 4.02. The van der Waals surface area contributed by atoms with E-state index in [9.17, 15) is 29.3 Å². The highest BCUT2D eigenvalue weighted by Gasteiger charge is 2.39. The van der Waals surface area contributed by atoms with Gasteiger partial charge in [0.05, 0.1) is 4.92 Å². The number of piperidine rings is 1. The third-order valence-electron chi connectivity index (χ3n) is 6.02. The first kappa shape index (κ1) is 22.3. The van der Waals surface area contributed by atoms with Crippen LogP contribution in [0.2, 0.25) is 0 Å². The van der Waals surface area contributed by atoms with Gasteiger partial charge in [-0.05, 0) is 30.4 Å². The van der Waals surface area contributed by atoms with Crippen molar-refractivity contribution in [3.05, 3.63) is 74.3 Å². The van der Waals surface area contributed by atoms with Crippen LogP contribution in [0.3, 0.4) is 0 Å². The maximum Gasteiger partial charge on any atom is 0.345 e. The van der Waals surface area contributed by atoms with E-state index in [1.54, 1.807) is 17.0 Å². The van der Waals surface area contributed by atoms with Crippen LogP contribution < -0.4 is 0 Å². The molecule has 170 valence electrons. The topological polar surface area (TPSA) is 124 Å². The van der Waals surface area contributed by atoms with Crippen molar-refractivity contribution in [3.63, 3.8) is 0 Å². The number of esters is 1. The molecule has 1 saturated heterocycles. The van der Waals surface area contributed by atoms with Gasteiger partial charge in [0, 0.05) is 29.8 Å². The molecule has 0 aromatic heterocycles. The lowest BCUT2D eigenvalue weighted by Crippen LogP contribution is -2.44. The van der Waals surface area contributed by atoms with Crippen LogP contribution in [0.5, 0.6) is 0 Å². The van der Waals surface area contributed by atoms with Crippen molar-refractivity contribution in [3.8, 4) is 0 Å². The van der Waals surface area contributed by atoms with E-state index in [1.807, 2.05) is 13.8 Å². The maximum atomic E-state index is 13.0. The number of nitro benzene ring substituents is 1. The summed E-state index contributed by atoms with van der Waals surface area (Å²) in [7, 11) is 0. The van der Waals surface area contributed by atoms with Gasteiger partial charge in [-0.3, -0.25) is 24.5 Å². The van der Waals surface area contributed by atoms with Crippen molar-refractivity contribution in [2.24, 2.45) is 11.8 Å². The van der Waals surface area contributed by atoms with E-state index in [-0.39, 0.29) is 22.6 Å². The van der Waals surface area contributed by atoms with E-state index in [4.69, 9.17) is 4.74 Å². The first-order valence-electron chi connectivity index (χ1n) is 10.6. The van der Waals surface area contributed by atoms with Crippen LogP contribution in [0.25, 0.3) is 0 Å². The molecule has 0 saturated carbocycles. The predicted molar refractivity (Wildman–Crippen MR) is 116 cm³/mol. The summed E-state index contributed by atoms with van der Waals surface area (Å²) >= 11 is 0. The quantitative estimate of drug-likeness (QED) is 0.340. The first-order chi connectivity index (χ1) is 15.7. The van der Waals surface area contributed by atoms with E-state index in [1.165, 1.54) is 18.2 Å². The van der Waals surface area contributed by atoms with Crippen LogP contribution in [0, 0.1) is 22.0 Å². The molecule has 2 aromatic carbocycles. The molecule has 0 spiro atoms. The van der Waals surface area contributed by atoms with Crippen molar-refractivity contribution < 1.29 is 28.8 Å². The molecular weight excluding hydrogens is 428 g/mol. The number of amides is 1. The highest BCUT2D eigenvalue weighted by atomic mass is 16.6. The summed E-state index contributed by atoms with van der Waals surface area (Å²) in [5.41, 5.74) is -1.68. The van der Waals surface area contributed by atoms with Crippen LogP contribution in [-0.4, -0.2) is 53.0 Å². The molecule has 33 heavy (non-hydrogen) atoms. The van der Waals surface area contributed by atoms with Gasteiger partial charge in [-0.2, -0.15) is 0 Å². The average molecular weight is 450 g/mol.